The number of nitrogens with zero attached hydrogens (tertiary/aromatic N) is 4. The minimum Gasteiger partial charge on any atom is -0.311 e. The van der Waals surface area contributed by atoms with Crippen molar-refractivity contribution in [2.45, 2.75) is 33.7 Å². The molecule has 0 saturated heterocycles. The molecule has 0 radical (unpaired) electrons. The first kappa shape index (κ1) is 20.5. The van der Waals surface area contributed by atoms with Gasteiger partial charge in [-0.1, -0.05) is 22.0 Å². The Hall–Kier alpha value is -2.78. The van der Waals surface area contributed by atoms with Gasteiger partial charge in [0.2, 0.25) is 5.91 Å². The molecular weight excluding hydrogens is 466 g/mol. The molecule has 154 valence electrons. The normalized spacial score (nSPS) is 11.2. The van der Waals surface area contributed by atoms with Crippen molar-refractivity contribution in [2.24, 2.45) is 0 Å². The standard InChI is InChI=1S/C21H20BrN5O2S/c1-12-9-17(27(25-12)16-6-4-5-15(22)10-16)24-18(28)7-8-26-11-23-20-19(21(26)29)13(2)14(3)30-20/h4-6,9-11H,7-8H2,1-3H3,(H,24,28). The molecule has 7 nitrogen and oxygen atoms in total. The number of nitrogens with one attached hydrogen (secondary N) is 1. The van der Waals surface area contributed by atoms with E-state index < -0.39 is 0 Å². The Bertz CT molecular complexity index is 1320. The summed E-state index contributed by atoms with van der Waals surface area (Å²) in [5.41, 5.74) is 2.48. The summed E-state index contributed by atoms with van der Waals surface area (Å²) < 4.78 is 4.11. The molecule has 0 atom stereocenters. The third-order valence-electron chi connectivity index (χ3n) is 4.89. The number of fused-ring (bicyclic) bond motifs is 1. The van der Waals surface area contributed by atoms with Crippen LogP contribution in [0.3, 0.4) is 0 Å². The quantitative estimate of drug-likeness (QED) is 0.455. The molecule has 4 aromatic rings. The molecule has 0 spiro atoms. The minimum absolute atomic E-state index is 0.107. The Balaban J connectivity index is 1.52. The lowest BCUT2D eigenvalue weighted by molar-refractivity contribution is -0.116. The van der Waals surface area contributed by atoms with Crippen molar-refractivity contribution in [3.05, 3.63) is 67.6 Å². The van der Waals surface area contributed by atoms with E-state index in [-0.39, 0.29) is 24.4 Å². The fourth-order valence-electron chi connectivity index (χ4n) is 3.25. The van der Waals surface area contributed by atoms with E-state index in [1.54, 1.807) is 4.68 Å². The lowest BCUT2D eigenvalue weighted by atomic mass is 10.2. The Kier molecular flexibility index (Phi) is 5.57. The number of rotatable bonds is 5. The van der Waals surface area contributed by atoms with Gasteiger partial charge in [-0.15, -0.1) is 11.3 Å². The van der Waals surface area contributed by atoms with E-state index in [4.69, 9.17) is 0 Å². The van der Waals surface area contributed by atoms with Gasteiger partial charge in [0.1, 0.15) is 10.6 Å². The van der Waals surface area contributed by atoms with E-state index in [0.29, 0.717) is 11.2 Å². The number of hydrogen-bond acceptors (Lipinski definition) is 5. The van der Waals surface area contributed by atoms with E-state index in [2.05, 4.69) is 31.3 Å². The molecular formula is C21H20BrN5O2S. The summed E-state index contributed by atoms with van der Waals surface area (Å²) in [6.45, 7) is 6.04. The predicted octanol–water partition coefficient (Wildman–Crippen LogP) is 4.36. The highest BCUT2D eigenvalue weighted by Gasteiger charge is 2.14. The summed E-state index contributed by atoms with van der Waals surface area (Å²) in [6.07, 6.45) is 1.67. The van der Waals surface area contributed by atoms with Crippen molar-refractivity contribution in [2.75, 3.05) is 5.32 Å². The largest absolute Gasteiger partial charge is 0.311 e. The van der Waals surface area contributed by atoms with Gasteiger partial charge in [0.05, 0.1) is 23.1 Å². The van der Waals surface area contributed by atoms with E-state index in [1.165, 1.54) is 22.2 Å². The van der Waals surface area contributed by atoms with Crippen LogP contribution in [0.4, 0.5) is 5.82 Å². The van der Waals surface area contributed by atoms with Crippen molar-refractivity contribution in [1.82, 2.24) is 19.3 Å². The molecule has 0 unspecified atom stereocenters. The number of anilines is 1. The van der Waals surface area contributed by atoms with Crippen LogP contribution in [0.2, 0.25) is 0 Å². The first-order valence-electron chi connectivity index (χ1n) is 9.41. The number of thiophene rings is 1. The van der Waals surface area contributed by atoms with Crippen molar-refractivity contribution >= 4 is 49.2 Å². The fraction of sp³-hybridized carbons (Fsp3) is 0.238. The van der Waals surface area contributed by atoms with Gasteiger partial charge in [0.25, 0.3) is 5.56 Å². The van der Waals surface area contributed by atoms with Crippen LogP contribution in [-0.4, -0.2) is 25.2 Å². The topological polar surface area (TPSA) is 81.8 Å². The first-order valence-corrected chi connectivity index (χ1v) is 11.0. The maximum absolute atomic E-state index is 12.8. The van der Waals surface area contributed by atoms with Crippen LogP contribution in [0.1, 0.15) is 22.6 Å². The average molecular weight is 486 g/mol. The number of carbonyl (C=O) groups is 1. The molecule has 1 aromatic carbocycles. The zero-order valence-corrected chi connectivity index (χ0v) is 19.2. The molecule has 4 rings (SSSR count). The van der Waals surface area contributed by atoms with Crippen molar-refractivity contribution in [1.29, 1.82) is 0 Å². The summed E-state index contributed by atoms with van der Waals surface area (Å²) in [4.78, 5) is 31.6. The van der Waals surface area contributed by atoms with Crippen LogP contribution in [0.25, 0.3) is 15.9 Å². The minimum atomic E-state index is -0.198. The molecule has 3 heterocycles. The van der Waals surface area contributed by atoms with Crippen LogP contribution in [-0.2, 0) is 11.3 Å². The molecule has 0 fully saturated rings. The van der Waals surface area contributed by atoms with Crippen LogP contribution in [0, 0.1) is 20.8 Å². The van der Waals surface area contributed by atoms with Gasteiger partial charge in [-0.05, 0) is 44.5 Å². The molecule has 30 heavy (non-hydrogen) atoms. The smallest absolute Gasteiger partial charge is 0.262 e. The Labute approximate surface area is 185 Å². The Morgan fingerprint density at radius 1 is 1.23 bits per heavy atom. The van der Waals surface area contributed by atoms with Crippen molar-refractivity contribution in [3.63, 3.8) is 0 Å². The molecule has 0 aliphatic heterocycles. The molecule has 0 aliphatic carbocycles. The zero-order chi connectivity index (χ0) is 21.4. The third kappa shape index (κ3) is 3.95. The molecule has 0 bridgehead atoms. The summed E-state index contributed by atoms with van der Waals surface area (Å²) in [6, 6.07) is 9.49. The number of benzene rings is 1. The number of aryl methyl sites for hydroxylation is 4. The van der Waals surface area contributed by atoms with E-state index in [0.717, 1.165) is 31.1 Å². The van der Waals surface area contributed by atoms with Gasteiger partial charge < -0.3 is 5.32 Å². The monoisotopic (exact) mass is 485 g/mol. The fourth-order valence-corrected chi connectivity index (χ4v) is 4.62. The highest BCUT2D eigenvalue weighted by Crippen LogP contribution is 2.25. The van der Waals surface area contributed by atoms with E-state index >= 15 is 0 Å². The maximum atomic E-state index is 12.8. The lowest BCUT2D eigenvalue weighted by Gasteiger charge is -2.10. The van der Waals surface area contributed by atoms with Crippen LogP contribution in [0.5, 0.6) is 0 Å². The second-order valence-corrected chi connectivity index (χ2v) is 9.19. The van der Waals surface area contributed by atoms with Gasteiger partial charge in [-0.2, -0.15) is 5.10 Å². The molecule has 9 heteroatoms. The summed E-state index contributed by atoms with van der Waals surface area (Å²) in [7, 11) is 0. The molecule has 1 N–H and O–H groups in total. The Morgan fingerprint density at radius 3 is 2.80 bits per heavy atom. The first-order chi connectivity index (χ1) is 14.3. The second-order valence-electron chi connectivity index (χ2n) is 7.07. The van der Waals surface area contributed by atoms with Gasteiger partial charge >= 0.3 is 0 Å². The highest BCUT2D eigenvalue weighted by atomic mass is 79.9. The molecule has 3 aromatic heterocycles. The second kappa shape index (κ2) is 8.16. The number of amides is 1. The van der Waals surface area contributed by atoms with Gasteiger partial charge in [-0.25, -0.2) is 9.67 Å². The van der Waals surface area contributed by atoms with Crippen LogP contribution < -0.4 is 10.9 Å². The lowest BCUT2D eigenvalue weighted by Crippen LogP contribution is -2.24. The summed E-state index contributed by atoms with van der Waals surface area (Å²) >= 11 is 4.97. The van der Waals surface area contributed by atoms with E-state index in [1.807, 2.05) is 51.1 Å². The summed E-state index contributed by atoms with van der Waals surface area (Å²) in [5, 5.41) is 8.02. The molecule has 0 aliphatic rings. The van der Waals surface area contributed by atoms with Gasteiger partial charge in [-0.3, -0.25) is 14.2 Å². The highest BCUT2D eigenvalue weighted by molar-refractivity contribution is 9.10. The number of carbonyl (C=O) groups excluding carboxylic acids is 1. The summed E-state index contributed by atoms with van der Waals surface area (Å²) in [5.74, 6) is 0.386. The zero-order valence-electron chi connectivity index (χ0n) is 16.8. The SMILES string of the molecule is Cc1cc(NC(=O)CCn2cnc3sc(C)c(C)c3c2=O)n(-c2cccc(Br)c2)n1. The molecule has 1 amide bonds. The van der Waals surface area contributed by atoms with Crippen LogP contribution in [0.15, 0.2) is 45.9 Å². The maximum Gasteiger partial charge on any atom is 0.262 e. The van der Waals surface area contributed by atoms with Crippen LogP contribution >= 0.6 is 27.3 Å². The average Bonchev–Trinajstić information content (AvgIpc) is 3.20. The van der Waals surface area contributed by atoms with Gasteiger partial charge in [0, 0.05) is 28.4 Å². The predicted molar refractivity (Wildman–Crippen MR) is 123 cm³/mol. The van der Waals surface area contributed by atoms with Gasteiger partial charge in [0.15, 0.2) is 0 Å². The number of halogens is 1. The third-order valence-corrected chi connectivity index (χ3v) is 6.50. The number of hydrogen-bond donors (Lipinski definition) is 1. The van der Waals surface area contributed by atoms with E-state index in [9.17, 15) is 9.59 Å². The van der Waals surface area contributed by atoms with Crippen molar-refractivity contribution < 1.29 is 4.79 Å². The number of aromatic nitrogens is 4. The molecule has 0 saturated carbocycles. The van der Waals surface area contributed by atoms with Crippen molar-refractivity contribution in [3.8, 4) is 5.69 Å². The Morgan fingerprint density at radius 2 is 2.03 bits per heavy atom.